The van der Waals surface area contributed by atoms with Crippen LogP contribution in [0, 0.1) is 63.3 Å². The molecular formula is C58H50F8N6O4. The van der Waals surface area contributed by atoms with E-state index >= 15 is 35.1 Å². The molecule has 76 heavy (non-hydrogen) atoms. The number of fused-ring (bicyclic) bond motifs is 6. The van der Waals surface area contributed by atoms with Gasteiger partial charge in [-0.1, -0.05) is 88.4 Å². The van der Waals surface area contributed by atoms with Crippen LogP contribution in [0.3, 0.4) is 0 Å². The average molecular weight is 1050 g/mol. The van der Waals surface area contributed by atoms with Crippen molar-refractivity contribution in [2.75, 3.05) is 24.9 Å². The van der Waals surface area contributed by atoms with E-state index in [-0.39, 0.29) is 71.5 Å². The van der Waals surface area contributed by atoms with E-state index in [0.29, 0.717) is 11.1 Å². The van der Waals surface area contributed by atoms with E-state index < -0.39 is 115 Å². The van der Waals surface area contributed by atoms with Gasteiger partial charge in [0.05, 0.1) is 61.0 Å². The second-order valence-corrected chi connectivity index (χ2v) is 20.0. The molecule has 392 valence electrons. The number of halogens is 8. The molecule has 0 atom stereocenters. The molecule has 6 aromatic rings. The first-order chi connectivity index (χ1) is 36.2. The number of hydrogen-bond acceptors (Lipinski definition) is 8. The SMILES string of the molecule is COC(=O)CC(C)(C)C1C2=N/C(=C(/c3c(F)c(F)c(NCc4ccccc4)c(F)c3F)c3ccc([nH]3)C(C(C)(C)CC(=O)OC)c3ccc([nH]3)/C(c3c(F)c(F)c(NCc4ccccc4)c(F)c3F)=C3/C=CC1=N3)C=C2. The summed E-state index contributed by atoms with van der Waals surface area (Å²) in [7, 11) is 2.37. The van der Waals surface area contributed by atoms with Crippen LogP contribution >= 0.6 is 0 Å². The van der Waals surface area contributed by atoms with Gasteiger partial charge in [0.25, 0.3) is 0 Å². The van der Waals surface area contributed by atoms with Gasteiger partial charge in [-0.05, 0) is 70.5 Å². The van der Waals surface area contributed by atoms with E-state index in [9.17, 15) is 9.59 Å². The molecule has 0 fully saturated rings. The van der Waals surface area contributed by atoms with Crippen LogP contribution in [0.4, 0.5) is 46.5 Å². The topological polar surface area (TPSA) is 133 Å². The number of aromatic amines is 2. The Labute approximate surface area is 432 Å². The zero-order valence-corrected chi connectivity index (χ0v) is 41.9. The highest BCUT2D eigenvalue weighted by Gasteiger charge is 2.43. The first-order valence-electron chi connectivity index (χ1n) is 24.1. The highest BCUT2D eigenvalue weighted by Crippen LogP contribution is 2.48. The molecule has 2 aromatic heterocycles. The quantitative estimate of drug-likeness (QED) is 0.0488. The molecule has 3 aliphatic rings. The molecule has 0 saturated heterocycles. The van der Waals surface area contributed by atoms with Crippen LogP contribution < -0.4 is 10.6 Å². The Morgan fingerprint density at radius 2 is 0.855 bits per heavy atom. The van der Waals surface area contributed by atoms with Crippen molar-refractivity contribution in [3.63, 3.8) is 0 Å². The standard InChI is InChI=1S/C58H50F8N6O4/c1-57(2,25-39(73)75-5)45-35-21-17-31(69-35)41(43-47(59)51(63)55(52(64)48(43)60)67-27-29-13-9-7-10-14-29)33-19-23-37(71-33)46(58(3,4)26-40(74)76-6)38-24-20-34(72-38)42(32-18-22-36(45)70-32)44-49(61)53(65)56(54(66)50(44)62)68-28-30-15-11-8-12-16-30/h7-24,45-46,67-70H,25-28H2,1-6H3/b41-33+,42-34+. The summed E-state index contributed by atoms with van der Waals surface area (Å²) in [5.41, 5.74) is -6.29. The normalized spacial score (nSPS) is 18.2. The van der Waals surface area contributed by atoms with E-state index in [1.807, 2.05) is 0 Å². The number of esters is 2. The molecule has 9 rings (SSSR count). The number of hydrogen-bond donors (Lipinski definition) is 4. The van der Waals surface area contributed by atoms with E-state index in [4.69, 9.17) is 19.5 Å². The number of benzene rings is 4. The number of anilines is 2. The van der Waals surface area contributed by atoms with E-state index in [1.165, 1.54) is 62.8 Å². The minimum absolute atomic E-state index is 0.0959. The van der Waals surface area contributed by atoms with Gasteiger partial charge < -0.3 is 30.1 Å². The van der Waals surface area contributed by atoms with Crippen molar-refractivity contribution in [1.29, 1.82) is 0 Å². The maximum Gasteiger partial charge on any atom is 0.306 e. The van der Waals surface area contributed by atoms with Crippen molar-refractivity contribution in [3.05, 3.63) is 212 Å². The summed E-state index contributed by atoms with van der Waals surface area (Å²) in [6.07, 6.45) is 5.10. The number of nitrogens with zero attached hydrogens (tertiary/aromatic N) is 2. The number of methoxy groups -OCH3 is 2. The maximum atomic E-state index is 16.9. The van der Waals surface area contributed by atoms with Crippen LogP contribution in [0.2, 0.25) is 0 Å². The van der Waals surface area contributed by atoms with E-state index in [0.717, 1.165) is 0 Å². The summed E-state index contributed by atoms with van der Waals surface area (Å²) in [5.74, 6) is -17.3. The van der Waals surface area contributed by atoms with Gasteiger partial charge in [0.15, 0.2) is 46.5 Å². The molecule has 4 aromatic carbocycles. The predicted molar refractivity (Wildman–Crippen MR) is 273 cm³/mol. The molecule has 0 unspecified atom stereocenters. The fourth-order valence-corrected chi connectivity index (χ4v) is 10.2. The summed E-state index contributed by atoms with van der Waals surface area (Å²) >= 11 is 0. The van der Waals surface area contributed by atoms with Crippen LogP contribution in [0.1, 0.15) is 91.5 Å². The number of carbonyl (C=O) groups excluding carboxylic acids is 2. The molecule has 0 aliphatic carbocycles. The lowest BCUT2D eigenvalue weighted by Gasteiger charge is -2.33. The fourth-order valence-electron chi connectivity index (χ4n) is 10.2. The number of rotatable bonds is 14. The molecule has 0 radical (unpaired) electrons. The average Bonchev–Trinajstić information content (AvgIpc) is 4.26. The van der Waals surface area contributed by atoms with Crippen LogP contribution in [0.15, 0.2) is 131 Å². The highest BCUT2D eigenvalue weighted by molar-refractivity contribution is 6.20. The predicted octanol–water partition coefficient (Wildman–Crippen LogP) is 13.2. The summed E-state index contributed by atoms with van der Waals surface area (Å²) in [4.78, 5) is 42.2. The van der Waals surface area contributed by atoms with Crippen molar-refractivity contribution in [1.82, 2.24) is 9.97 Å². The molecule has 10 nitrogen and oxygen atoms in total. The first-order valence-corrected chi connectivity index (χ1v) is 24.1. The van der Waals surface area contributed by atoms with E-state index in [1.54, 1.807) is 88.4 Å². The third-order valence-corrected chi connectivity index (χ3v) is 13.9. The first kappa shape index (κ1) is 52.6. The summed E-state index contributed by atoms with van der Waals surface area (Å²) in [6, 6.07) is 22.7. The second-order valence-electron chi connectivity index (χ2n) is 20.0. The second kappa shape index (κ2) is 20.8. The lowest BCUT2D eigenvalue weighted by molar-refractivity contribution is -0.144. The summed E-state index contributed by atoms with van der Waals surface area (Å²) < 4.78 is 143. The van der Waals surface area contributed by atoms with Gasteiger partial charge in [-0.2, -0.15) is 0 Å². The zero-order valence-electron chi connectivity index (χ0n) is 41.9. The van der Waals surface area contributed by atoms with Crippen molar-refractivity contribution in [2.45, 2.75) is 59.5 Å². The number of H-pyrrole nitrogens is 2. The third-order valence-electron chi connectivity index (χ3n) is 13.9. The molecule has 8 bridgehead atoms. The highest BCUT2D eigenvalue weighted by atomic mass is 19.2. The Morgan fingerprint density at radius 3 is 1.21 bits per heavy atom. The Morgan fingerprint density at radius 1 is 0.500 bits per heavy atom. The van der Waals surface area contributed by atoms with Crippen molar-refractivity contribution in [3.8, 4) is 0 Å². The summed E-state index contributed by atoms with van der Waals surface area (Å²) in [5, 5.41) is 4.97. The third kappa shape index (κ3) is 9.79. The fraction of sp³-hybridized carbons (Fsp3) is 0.241. The Kier molecular flexibility index (Phi) is 14.4. The Hall–Kier alpha value is -8.28. The largest absolute Gasteiger partial charge is 0.469 e. The number of nitrogens with one attached hydrogen (secondary N) is 4. The summed E-state index contributed by atoms with van der Waals surface area (Å²) in [6.45, 7) is 6.38. The van der Waals surface area contributed by atoms with Crippen molar-refractivity contribution in [2.24, 2.45) is 26.7 Å². The minimum Gasteiger partial charge on any atom is -0.469 e. The lowest BCUT2D eigenvalue weighted by atomic mass is 9.71. The minimum atomic E-state index is -1.75. The van der Waals surface area contributed by atoms with Gasteiger partial charge in [0, 0.05) is 58.8 Å². The van der Waals surface area contributed by atoms with Crippen molar-refractivity contribution >= 4 is 45.9 Å². The number of aromatic nitrogens is 2. The number of allylic oxidation sites excluding steroid dienone is 4. The van der Waals surface area contributed by atoms with E-state index in [2.05, 4.69) is 20.6 Å². The van der Waals surface area contributed by atoms with Gasteiger partial charge in [0.1, 0.15) is 11.4 Å². The van der Waals surface area contributed by atoms with Gasteiger partial charge in [0.2, 0.25) is 0 Å². The molecule has 5 heterocycles. The number of carbonyl (C=O) groups is 2. The van der Waals surface area contributed by atoms with Crippen LogP contribution in [0.25, 0.3) is 11.1 Å². The molecule has 0 saturated carbocycles. The number of aliphatic imine (C=N–C) groups is 2. The molecule has 18 heteroatoms. The maximum absolute atomic E-state index is 16.9. The van der Waals surface area contributed by atoms with Crippen LogP contribution in [0.5, 0.6) is 0 Å². The smallest absolute Gasteiger partial charge is 0.306 e. The van der Waals surface area contributed by atoms with Gasteiger partial charge in [-0.15, -0.1) is 0 Å². The van der Waals surface area contributed by atoms with Gasteiger partial charge >= 0.3 is 11.9 Å². The molecular weight excluding hydrogens is 997 g/mol. The molecule has 3 aliphatic heterocycles. The molecule has 0 spiro atoms. The Bertz CT molecular complexity index is 3240. The zero-order chi connectivity index (χ0) is 54.4. The molecule has 4 N–H and O–H groups in total. The van der Waals surface area contributed by atoms with Gasteiger partial charge in [-0.25, -0.2) is 35.1 Å². The number of ether oxygens (including phenoxy) is 2. The van der Waals surface area contributed by atoms with Gasteiger partial charge in [-0.3, -0.25) is 19.6 Å². The Balaban J connectivity index is 1.31. The molecule has 0 amide bonds. The van der Waals surface area contributed by atoms with Crippen LogP contribution in [-0.4, -0.2) is 47.5 Å². The van der Waals surface area contributed by atoms with Crippen LogP contribution in [-0.2, 0) is 32.2 Å². The monoisotopic (exact) mass is 1050 g/mol. The lowest BCUT2D eigenvalue weighted by Crippen LogP contribution is -2.37. The van der Waals surface area contributed by atoms with Crippen molar-refractivity contribution < 1.29 is 54.2 Å².